The van der Waals surface area contributed by atoms with E-state index in [0.29, 0.717) is 24.3 Å². The van der Waals surface area contributed by atoms with Crippen LogP contribution in [0.3, 0.4) is 0 Å². The first-order chi connectivity index (χ1) is 13.6. The number of amides is 3. The van der Waals surface area contributed by atoms with Crippen molar-refractivity contribution in [1.82, 2.24) is 15.6 Å². The average molecular weight is 381 g/mol. The zero-order chi connectivity index (χ0) is 19.9. The van der Waals surface area contributed by atoms with Crippen LogP contribution in [0.5, 0.6) is 0 Å². The molecular weight excluding hydrogens is 354 g/mol. The molecule has 1 fully saturated rings. The van der Waals surface area contributed by atoms with Gasteiger partial charge >= 0.3 is 6.03 Å². The maximum absolute atomic E-state index is 12.3. The lowest BCUT2D eigenvalue weighted by molar-refractivity contribution is 0.0956. The molecule has 3 N–H and O–H groups in total. The van der Waals surface area contributed by atoms with Crippen LogP contribution in [0, 0.1) is 6.92 Å². The highest BCUT2D eigenvalue weighted by Gasteiger charge is 2.14. The number of carbonyl (C=O) groups excluding carboxylic acids is 2. The van der Waals surface area contributed by atoms with Gasteiger partial charge in [0.1, 0.15) is 5.82 Å². The minimum atomic E-state index is -0.310. The minimum Gasteiger partial charge on any atom is -0.357 e. The Morgan fingerprint density at radius 2 is 1.89 bits per heavy atom. The van der Waals surface area contributed by atoms with E-state index >= 15 is 0 Å². The summed E-state index contributed by atoms with van der Waals surface area (Å²) in [5.41, 5.74) is 3.03. The fourth-order valence-corrected chi connectivity index (χ4v) is 3.20. The van der Waals surface area contributed by atoms with Gasteiger partial charge in [-0.2, -0.15) is 0 Å². The van der Waals surface area contributed by atoms with Crippen LogP contribution >= 0.6 is 0 Å². The number of nitrogens with one attached hydrogen (secondary N) is 3. The number of hydrogen-bond acceptors (Lipinski definition) is 4. The normalized spacial score (nSPS) is 13.3. The van der Waals surface area contributed by atoms with E-state index in [2.05, 4.69) is 25.8 Å². The summed E-state index contributed by atoms with van der Waals surface area (Å²) in [5, 5.41) is 8.46. The number of aryl methyl sites for hydroxylation is 1. The molecule has 0 radical (unpaired) electrons. The largest absolute Gasteiger partial charge is 0.357 e. The van der Waals surface area contributed by atoms with Crippen LogP contribution in [0.2, 0.25) is 0 Å². The standard InChI is InChI=1S/C21H27N5O2/c1-3-22-20(27)17-7-6-15(2)18(13-17)25-21(28)24-14-16-8-9-23-19(12-16)26-10-4-5-11-26/h6-9,12-13H,3-5,10-11,14H2,1-2H3,(H,22,27)(H2,24,25,28). The summed E-state index contributed by atoms with van der Waals surface area (Å²) in [6, 6.07) is 8.88. The van der Waals surface area contributed by atoms with Crippen LogP contribution in [0.15, 0.2) is 36.5 Å². The van der Waals surface area contributed by atoms with Crippen molar-refractivity contribution in [1.29, 1.82) is 0 Å². The lowest BCUT2D eigenvalue weighted by Crippen LogP contribution is -2.29. The summed E-state index contributed by atoms with van der Waals surface area (Å²) in [4.78, 5) is 31.0. The molecule has 7 nitrogen and oxygen atoms in total. The highest BCUT2D eigenvalue weighted by molar-refractivity contribution is 5.97. The van der Waals surface area contributed by atoms with Gasteiger partial charge in [-0.25, -0.2) is 9.78 Å². The molecule has 1 saturated heterocycles. The summed E-state index contributed by atoms with van der Waals surface area (Å²) in [5.74, 6) is 0.805. The molecule has 0 atom stereocenters. The predicted molar refractivity (Wildman–Crippen MR) is 111 cm³/mol. The molecule has 1 aromatic heterocycles. The zero-order valence-corrected chi connectivity index (χ0v) is 16.4. The first kappa shape index (κ1) is 19.7. The molecule has 2 aromatic rings. The van der Waals surface area contributed by atoms with Crippen molar-refractivity contribution in [3.63, 3.8) is 0 Å². The van der Waals surface area contributed by atoms with Crippen molar-refractivity contribution in [2.24, 2.45) is 0 Å². The molecule has 1 aromatic carbocycles. The van der Waals surface area contributed by atoms with Crippen molar-refractivity contribution in [2.45, 2.75) is 33.2 Å². The molecule has 3 rings (SSSR count). The molecular formula is C21H27N5O2. The van der Waals surface area contributed by atoms with Crippen LogP contribution in [0.4, 0.5) is 16.3 Å². The molecule has 0 bridgehead atoms. The molecule has 1 aliphatic rings. The summed E-state index contributed by atoms with van der Waals surface area (Å²) in [6.45, 7) is 6.79. The molecule has 3 amide bonds. The quantitative estimate of drug-likeness (QED) is 0.718. The number of urea groups is 1. The van der Waals surface area contributed by atoms with E-state index in [1.165, 1.54) is 12.8 Å². The van der Waals surface area contributed by atoms with Crippen LogP contribution in [0.25, 0.3) is 0 Å². The molecule has 7 heteroatoms. The highest BCUT2D eigenvalue weighted by atomic mass is 16.2. The third-order valence-electron chi connectivity index (χ3n) is 4.78. The van der Waals surface area contributed by atoms with Crippen molar-refractivity contribution < 1.29 is 9.59 Å². The van der Waals surface area contributed by atoms with Crippen LogP contribution < -0.4 is 20.9 Å². The van der Waals surface area contributed by atoms with E-state index in [1.54, 1.807) is 18.3 Å². The number of benzene rings is 1. The van der Waals surface area contributed by atoms with Crippen molar-refractivity contribution >= 4 is 23.4 Å². The number of carbonyl (C=O) groups is 2. The monoisotopic (exact) mass is 381 g/mol. The van der Waals surface area contributed by atoms with Crippen LogP contribution in [-0.2, 0) is 6.54 Å². The molecule has 28 heavy (non-hydrogen) atoms. The van der Waals surface area contributed by atoms with Crippen LogP contribution in [0.1, 0.15) is 41.3 Å². The fourth-order valence-electron chi connectivity index (χ4n) is 3.20. The number of anilines is 2. The number of aromatic nitrogens is 1. The van der Waals surface area contributed by atoms with E-state index < -0.39 is 0 Å². The second-order valence-electron chi connectivity index (χ2n) is 6.91. The summed E-state index contributed by atoms with van der Waals surface area (Å²) >= 11 is 0. The first-order valence-corrected chi connectivity index (χ1v) is 9.70. The molecule has 0 saturated carbocycles. The predicted octanol–water partition coefficient (Wildman–Crippen LogP) is 3.06. The van der Waals surface area contributed by atoms with Gasteiger partial charge in [-0.15, -0.1) is 0 Å². The van der Waals surface area contributed by atoms with Gasteiger partial charge in [0.05, 0.1) is 0 Å². The smallest absolute Gasteiger partial charge is 0.319 e. The van der Waals surface area contributed by atoms with Crippen LogP contribution in [-0.4, -0.2) is 36.6 Å². The lowest BCUT2D eigenvalue weighted by atomic mass is 10.1. The average Bonchev–Trinajstić information content (AvgIpc) is 3.23. The molecule has 1 aliphatic heterocycles. The first-order valence-electron chi connectivity index (χ1n) is 9.70. The lowest BCUT2D eigenvalue weighted by Gasteiger charge is -2.17. The number of nitrogens with zero attached hydrogens (tertiary/aromatic N) is 2. The van der Waals surface area contributed by atoms with Gasteiger partial charge in [-0.3, -0.25) is 4.79 Å². The Bertz CT molecular complexity index is 846. The minimum absolute atomic E-state index is 0.155. The second kappa shape index (κ2) is 9.21. The molecule has 2 heterocycles. The van der Waals surface area contributed by atoms with Gasteiger partial charge in [-0.05, 0) is 62.1 Å². The van der Waals surface area contributed by atoms with Crippen molar-refractivity contribution in [3.8, 4) is 0 Å². The van der Waals surface area contributed by atoms with Gasteiger partial charge < -0.3 is 20.9 Å². The third-order valence-corrected chi connectivity index (χ3v) is 4.78. The maximum Gasteiger partial charge on any atom is 0.319 e. The Kier molecular flexibility index (Phi) is 6.47. The van der Waals surface area contributed by atoms with Crippen molar-refractivity contribution in [3.05, 3.63) is 53.2 Å². The van der Waals surface area contributed by atoms with E-state index in [-0.39, 0.29) is 11.9 Å². The Balaban J connectivity index is 1.59. The molecule has 148 valence electrons. The summed E-state index contributed by atoms with van der Waals surface area (Å²) < 4.78 is 0. The third kappa shape index (κ3) is 5.00. The fraction of sp³-hybridized carbons (Fsp3) is 0.381. The number of pyridine rings is 1. The highest BCUT2D eigenvalue weighted by Crippen LogP contribution is 2.19. The number of hydrogen-bond donors (Lipinski definition) is 3. The molecule has 0 aliphatic carbocycles. The maximum atomic E-state index is 12.3. The van der Waals surface area contributed by atoms with Gasteiger partial charge in [0.15, 0.2) is 0 Å². The molecule has 0 spiro atoms. The Labute approximate surface area is 165 Å². The van der Waals surface area contributed by atoms with Gasteiger partial charge in [0, 0.05) is 43.6 Å². The Morgan fingerprint density at radius 3 is 2.64 bits per heavy atom. The van der Waals surface area contributed by atoms with Crippen molar-refractivity contribution in [2.75, 3.05) is 29.9 Å². The SMILES string of the molecule is CCNC(=O)c1ccc(C)c(NC(=O)NCc2ccnc(N3CCCC3)c2)c1. The van der Waals surface area contributed by atoms with Gasteiger partial charge in [0.25, 0.3) is 5.91 Å². The number of rotatable bonds is 6. The van der Waals surface area contributed by atoms with E-state index in [0.717, 1.165) is 30.0 Å². The second-order valence-corrected chi connectivity index (χ2v) is 6.91. The van der Waals surface area contributed by atoms with Gasteiger partial charge in [-0.1, -0.05) is 6.07 Å². The van der Waals surface area contributed by atoms with Gasteiger partial charge in [0.2, 0.25) is 0 Å². The molecule has 0 unspecified atom stereocenters. The van der Waals surface area contributed by atoms with E-state index in [4.69, 9.17) is 0 Å². The topological polar surface area (TPSA) is 86.4 Å². The van der Waals surface area contributed by atoms with E-state index in [1.807, 2.05) is 32.0 Å². The summed E-state index contributed by atoms with van der Waals surface area (Å²) in [6.07, 6.45) is 4.17. The van der Waals surface area contributed by atoms with E-state index in [9.17, 15) is 9.59 Å². The zero-order valence-electron chi connectivity index (χ0n) is 16.4. The Hall–Kier alpha value is -3.09. The summed E-state index contributed by atoms with van der Waals surface area (Å²) in [7, 11) is 0. The Morgan fingerprint density at radius 1 is 1.11 bits per heavy atom.